The van der Waals surface area contributed by atoms with Gasteiger partial charge >= 0.3 is 0 Å². The van der Waals surface area contributed by atoms with Gasteiger partial charge in [-0.1, -0.05) is 99.7 Å². The van der Waals surface area contributed by atoms with Crippen molar-refractivity contribution in [1.29, 1.82) is 0 Å². The van der Waals surface area contributed by atoms with Crippen LogP contribution in [0.3, 0.4) is 0 Å². The van der Waals surface area contributed by atoms with Crippen LogP contribution in [0.1, 0.15) is 56.6 Å². The molecule has 2 aromatic rings. The lowest BCUT2D eigenvalue weighted by Gasteiger charge is -2.23. The summed E-state index contributed by atoms with van der Waals surface area (Å²) in [5, 5.41) is 2.15. The molecule has 0 bridgehead atoms. The van der Waals surface area contributed by atoms with Crippen molar-refractivity contribution >= 4 is 5.76 Å². The fourth-order valence-corrected chi connectivity index (χ4v) is 3.33. The second-order valence-corrected chi connectivity index (χ2v) is 6.82. The lowest BCUT2D eigenvalue weighted by atomic mass is 10.0. The molecule has 1 heterocycles. The number of rotatable bonds is 9. The zero-order valence-electron chi connectivity index (χ0n) is 15.2. The molecular weight excluding hydrogens is 306 g/mol. The Labute approximate surface area is 152 Å². The van der Waals surface area contributed by atoms with E-state index in [1.54, 1.807) is 0 Å². The van der Waals surface area contributed by atoms with Crippen LogP contribution in [-0.2, 0) is 11.4 Å². The zero-order valence-corrected chi connectivity index (χ0v) is 15.2. The maximum absolute atomic E-state index is 6.24. The molecule has 0 aliphatic carbocycles. The molecule has 0 fully saturated rings. The van der Waals surface area contributed by atoms with Crippen molar-refractivity contribution in [2.75, 3.05) is 0 Å². The van der Waals surface area contributed by atoms with Crippen molar-refractivity contribution in [2.24, 2.45) is 0 Å². The number of hydrogen-bond acceptors (Lipinski definition) is 2. The molecule has 0 aromatic heterocycles. The summed E-state index contributed by atoms with van der Waals surface area (Å²) in [5.41, 5.74) is 2.45. The van der Waals surface area contributed by atoms with E-state index in [9.17, 15) is 0 Å². The molecule has 3 rings (SSSR count). The van der Waals surface area contributed by atoms with E-state index in [1.807, 2.05) is 6.07 Å². The highest BCUT2D eigenvalue weighted by atomic mass is 16.7. The highest BCUT2D eigenvalue weighted by molar-refractivity contribution is 5.61. The molecule has 2 heteroatoms. The summed E-state index contributed by atoms with van der Waals surface area (Å²) in [5.74, 6) is 0.995. The first-order valence-electron chi connectivity index (χ1n) is 9.62. The summed E-state index contributed by atoms with van der Waals surface area (Å²) in [4.78, 5) is 6.24. The SMILES string of the molecule is CCCCCCCC1C=C(c2ccccc2)ON1Cc1ccccc1. The lowest BCUT2D eigenvalue weighted by Crippen LogP contribution is -2.28. The Morgan fingerprint density at radius 2 is 1.52 bits per heavy atom. The van der Waals surface area contributed by atoms with Gasteiger partial charge in [-0.3, -0.25) is 0 Å². The molecule has 1 aliphatic rings. The fraction of sp³-hybridized carbons (Fsp3) is 0.391. The zero-order chi connectivity index (χ0) is 17.3. The number of hydrogen-bond donors (Lipinski definition) is 0. The van der Waals surface area contributed by atoms with Gasteiger partial charge in [0.2, 0.25) is 0 Å². The highest BCUT2D eigenvalue weighted by Gasteiger charge is 2.27. The van der Waals surface area contributed by atoms with Gasteiger partial charge in [0.15, 0.2) is 5.76 Å². The van der Waals surface area contributed by atoms with Crippen molar-refractivity contribution in [3.63, 3.8) is 0 Å². The minimum atomic E-state index is 0.358. The van der Waals surface area contributed by atoms with Gasteiger partial charge in [-0.05, 0) is 18.1 Å². The van der Waals surface area contributed by atoms with E-state index in [2.05, 4.69) is 72.7 Å². The molecule has 1 unspecified atom stereocenters. The van der Waals surface area contributed by atoms with Crippen LogP contribution in [0.2, 0.25) is 0 Å². The summed E-state index contributed by atoms with van der Waals surface area (Å²) in [7, 11) is 0. The Hall–Kier alpha value is -2.06. The maximum atomic E-state index is 6.24. The maximum Gasteiger partial charge on any atom is 0.152 e. The van der Waals surface area contributed by atoms with Crippen LogP contribution in [0.15, 0.2) is 66.7 Å². The van der Waals surface area contributed by atoms with Crippen LogP contribution in [-0.4, -0.2) is 11.1 Å². The van der Waals surface area contributed by atoms with E-state index in [-0.39, 0.29) is 0 Å². The van der Waals surface area contributed by atoms with E-state index in [1.165, 1.54) is 37.7 Å². The van der Waals surface area contributed by atoms with Crippen molar-refractivity contribution in [1.82, 2.24) is 5.06 Å². The van der Waals surface area contributed by atoms with E-state index in [0.29, 0.717) is 6.04 Å². The molecule has 0 saturated carbocycles. The molecule has 0 amide bonds. The molecule has 2 nitrogen and oxygen atoms in total. The molecule has 0 N–H and O–H groups in total. The van der Waals surface area contributed by atoms with Crippen LogP contribution in [0, 0.1) is 0 Å². The first-order valence-corrected chi connectivity index (χ1v) is 9.62. The number of nitrogens with zero attached hydrogens (tertiary/aromatic N) is 1. The summed E-state index contributed by atoms with van der Waals surface area (Å²) in [6, 6.07) is 21.4. The predicted molar refractivity (Wildman–Crippen MR) is 105 cm³/mol. The van der Waals surface area contributed by atoms with Crippen molar-refractivity contribution in [3.05, 3.63) is 77.9 Å². The third kappa shape index (κ3) is 5.20. The second-order valence-electron chi connectivity index (χ2n) is 6.82. The van der Waals surface area contributed by atoms with Crippen molar-refractivity contribution in [2.45, 2.75) is 58.0 Å². The lowest BCUT2D eigenvalue weighted by molar-refractivity contribution is -0.101. The number of benzene rings is 2. The first-order chi connectivity index (χ1) is 12.4. The topological polar surface area (TPSA) is 12.5 Å². The second kappa shape index (κ2) is 9.43. The fourth-order valence-electron chi connectivity index (χ4n) is 3.33. The predicted octanol–water partition coefficient (Wildman–Crippen LogP) is 6.20. The standard InChI is InChI=1S/C23H29NO/c1-2-3-4-5-12-17-22-18-23(21-15-10-7-11-16-21)25-24(22)19-20-13-8-6-9-14-20/h6-11,13-16,18,22H,2-5,12,17,19H2,1H3. The molecular formula is C23H29NO. The quantitative estimate of drug-likeness (QED) is 0.506. The van der Waals surface area contributed by atoms with Gasteiger partial charge in [-0.15, -0.1) is 5.06 Å². The van der Waals surface area contributed by atoms with Gasteiger partial charge in [0.1, 0.15) is 0 Å². The van der Waals surface area contributed by atoms with Gasteiger partial charge in [-0.25, -0.2) is 0 Å². The van der Waals surface area contributed by atoms with Crippen LogP contribution in [0.4, 0.5) is 0 Å². The minimum Gasteiger partial charge on any atom is -0.405 e. The molecule has 25 heavy (non-hydrogen) atoms. The van der Waals surface area contributed by atoms with E-state index < -0.39 is 0 Å². The van der Waals surface area contributed by atoms with Crippen molar-refractivity contribution < 1.29 is 4.84 Å². The molecule has 0 spiro atoms. The van der Waals surface area contributed by atoms with Gasteiger partial charge in [0.25, 0.3) is 0 Å². The Bertz CT molecular complexity index is 650. The molecule has 1 aliphatic heterocycles. The van der Waals surface area contributed by atoms with Gasteiger partial charge in [0.05, 0.1) is 12.6 Å². The van der Waals surface area contributed by atoms with Crippen LogP contribution in [0.25, 0.3) is 5.76 Å². The summed E-state index contributed by atoms with van der Waals surface area (Å²) in [6.07, 6.45) is 10.0. The molecule has 2 aromatic carbocycles. The number of hydroxylamine groups is 2. The summed E-state index contributed by atoms with van der Waals surface area (Å²) < 4.78 is 0. The Morgan fingerprint density at radius 3 is 2.24 bits per heavy atom. The summed E-state index contributed by atoms with van der Waals surface area (Å²) >= 11 is 0. The third-order valence-electron chi connectivity index (χ3n) is 4.77. The van der Waals surface area contributed by atoms with E-state index >= 15 is 0 Å². The average Bonchev–Trinajstić information content (AvgIpc) is 3.06. The molecule has 0 radical (unpaired) electrons. The molecule has 132 valence electrons. The Morgan fingerprint density at radius 1 is 0.840 bits per heavy atom. The van der Waals surface area contributed by atoms with E-state index in [0.717, 1.165) is 24.3 Å². The van der Waals surface area contributed by atoms with E-state index in [4.69, 9.17) is 4.84 Å². The first kappa shape index (κ1) is 17.8. The monoisotopic (exact) mass is 335 g/mol. The highest BCUT2D eigenvalue weighted by Crippen LogP contribution is 2.30. The largest absolute Gasteiger partial charge is 0.405 e. The average molecular weight is 335 g/mol. The minimum absolute atomic E-state index is 0.358. The van der Waals surface area contributed by atoms with Gasteiger partial charge in [-0.2, -0.15) is 0 Å². The third-order valence-corrected chi connectivity index (χ3v) is 4.77. The smallest absolute Gasteiger partial charge is 0.152 e. The Balaban J connectivity index is 1.65. The van der Waals surface area contributed by atoms with Gasteiger partial charge in [0, 0.05) is 5.56 Å². The summed E-state index contributed by atoms with van der Waals surface area (Å²) in [6.45, 7) is 3.09. The number of unbranched alkanes of at least 4 members (excludes halogenated alkanes) is 4. The normalized spacial score (nSPS) is 17.3. The molecule has 1 atom stereocenters. The van der Waals surface area contributed by atoms with Crippen LogP contribution < -0.4 is 0 Å². The Kier molecular flexibility index (Phi) is 6.70. The van der Waals surface area contributed by atoms with Gasteiger partial charge < -0.3 is 4.84 Å². The van der Waals surface area contributed by atoms with Crippen molar-refractivity contribution in [3.8, 4) is 0 Å². The molecule has 0 saturated heterocycles. The van der Waals surface area contributed by atoms with Crippen LogP contribution in [0.5, 0.6) is 0 Å². The van der Waals surface area contributed by atoms with Crippen LogP contribution >= 0.6 is 0 Å².